The van der Waals surface area contributed by atoms with Crippen LogP contribution < -0.4 is 0 Å². The molecule has 0 aliphatic heterocycles. The van der Waals surface area contributed by atoms with Gasteiger partial charge in [-0.2, -0.15) is 0 Å². The predicted molar refractivity (Wildman–Crippen MR) is 102 cm³/mol. The highest BCUT2D eigenvalue weighted by molar-refractivity contribution is 5.70. The van der Waals surface area contributed by atoms with Gasteiger partial charge in [0.2, 0.25) is 0 Å². The standard InChI is InChI=1S/C23H34/c1-15-6-8-20(9-7-15)21-10-11-23(18(4)14-21)22-12-16(2)19(5)17(3)13-22/h12-13,15,20-21H,6-11,14H2,1-5H3. The van der Waals surface area contributed by atoms with Crippen LogP contribution in [0.15, 0.2) is 17.7 Å². The quantitative estimate of drug-likeness (QED) is 0.551. The SMILES string of the molecule is CC1=C(c2cc(C)c(C)c(C)c2)CCC(C2CCC(C)CC2)C1. The molecule has 0 radical (unpaired) electrons. The molecule has 0 spiro atoms. The summed E-state index contributed by atoms with van der Waals surface area (Å²) in [4.78, 5) is 0. The zero-order chi connectivity index (χ0) is 16.6. The van der Waals surface area contributed by atoms with Crippen molar-refractivity contribution in [1.29, 1.82) is 0 Å². The van der Waals surface area contributed by atoms with Gasteiger partial charge in [-0.05, 0) is 105 Å². The van der Waals surface area contributed by atoms with Crippen LogP contribution in [0.4, 0.5) is 0 Å². The number of hydrogen-bond acceptors (Lipinski definition) is 0. The summed E-state index contributed by atoms with van der Waals surface area (Å²) < 4.78 is 0. The zero-order valence-corrected chi connectivity index (χ0v) is 15.8. The first kappa shape index (κ1) is 16.8. The van der Waals surface area contributed by atoms with Gasteiger partial charge in [0.1, 0.15) is 0 Å². The van der Waals surface area contributed by atoms with Gasteiger partial charge in [-0.15, -0.1) is 0 Å². The summed E-state index contributed by atoms with van der Waals surface area (Å²) in [6.45, 7) is 11.6. The van der Waals surface area contributed by atoms with E-state index >= 15 is 0 Å². The lowest BCUT2D eigenvalue weighted by Crippen LogP contribution is -2.23. The molecule has 2 aliphatic carbocycles. The van der Waals surface area contributed by atoms with E-state index in [1.165, 1.54) is 67.2 Å². The van der Waals surface area contributed by atoms with E-state index in [4.69, 9.17) is 0 Å². The van der Waals surface area contributed by atoms with Gasteiger partial charge in [-0.25, -0.2) is 0 Å². The number of allylic oxidation sites excluding steroid dienone is 2. The summed E-state index contributed by atoms with van der Waals surface area (Å²) in [7, 11) is 0. The molecule has 126 valence electrons. The highest BCUT2D eigenvalue weighted by atomic mass is 14.3. The third-order valence-corrected chi connectivity index (χ3v) is 6.85. The fourth-order valence-electron chi connectivity index (χ4n) is 4.92. The van der Waals surface area contributed by atoms with E-state index in [2.05, 4.69) is 46.8 Å². The molecule has 2 aliphatic rings. The maximum Gasteiger partial charge on any atom is -0.0220 e. The maximum absolute atomic E-state index is 2.43. The molecule has 3 rings (SSSR count). The van der Waals surface area contributed by atoms with E-state index in [1.807, 2.05) is 0 Å². The molecule has 0 nitrogen and oxygen atoms in total. The fourth-order valence-corrected chi connectivity index (χ4v) is 4.92. The Balaban J connectivity index is 1.77. The van der Waals surface area contributed by atoms with Crippen molar-refractivity contribution in [1.82, 2.24) is 0 Å². The number of rotatable bonds is 2. The molecule has 0 aromatic heterocycles. The minimum Gasteiger partial charge on any atom is -0.0692 e. The van der Waals surface area contributed by atoms with Crippen LogP contribution in [-0.2, 0) is 0 Å². The molecule has 1 unspecified atom stereocenters. The molecule has 0 N–H and O–H groups in total. The van der Waals surface area contributed by atoms with Crippen molar-refractivity contribution < 1.29 is 0 Å². The van der Waals surface area contributed by atoms with E-state index in [9.17, 15) is 0 Å². The van der Waals surface area contributed by atoms with Crippen LogP contribution in [-0.4, -0.2) is 0 Å². The number of hydrogen-bond donors (Lipinski definition) is 0. The average Bonchev–Trinajstić information content (AvgIpc) is 2.53. The van der Waals surface area contributed by atoms with Gasteiger partial charge in [0.25, 0.3) is 0 Å². The summed E-state index contributed by atoms with van der Waals surface area (Å²) in [6, 6.07) is 4.84. The lowest BCUT2D eigenvalue weighted by molar-refractivity contribution is 0.200. The lowest BCUT2D eigenvalue weighted by Gasteiger charge is -2.36. The molecule has 1 saturated carbocycles. The number of aryl methyl sites for hydroxylation is 2. The van der Waals surface area contributed by atoms with Gasteiger partial charge in [0.05, 0.1) is 0 Å². The second kappa shape index (κ2) is 6.83. The summed E-state index contributed by atoms with van der Waals surface area (Å²) in [6.07, 6.45) is 9.96. The molecule has 1 aromatic rings. The smallest absolute Gasteiger partial charge is 0.0220 e. The van der Waals surface area contributed by atoms with Gasteiger partial charge in [0, 0.05) is 0 Å². The third kappa shape index (κ3) is 3.57. The van der Waals surface area contributed by atoms with E-state index in [0.29, 0.717) is 0 Å². The molecule has 1 atom stereocenters. The molecular weight excluding hydrogens is 276 g/mol. The van der Waals surface area contributed by atoms with Gasteiger partial charge < -0.3 is 0 Å². The molecule has 0 amide bonds. The molecule has 0 heteroatoms. The molecule has 1 fully saturated rings. The van der Waals surface area contributed by atoms with Crippen molar-refractivity contribution in [3.8, 4) is 0 Å². The van der Waals surface area contributed by atoms with Gasteiger partial charge in [0.15, 0.2) is 0 Å². The van der Waals surface area contributed by atoms with Crippen molar-refractivity contribution in [3.63, 3.8) is 0 Å². The van der Waals surface area contributed by atoms with Crippen molar-refractivity contribution in [3.05, 3.63) is 40.0 Å². The minimum absolute atomic E-state index is 0.957. The molecule has 0 saturated heterocycles. The first-order valence-electron chi connectivity index (χ1n) is 9.72. The Kier molecular flexibility index (Phi) is 4.99. The summed E-state index contributed by atoms with van der Waals surface area (Å²) in [5.74, 6) is 2.93. The van der Waals surface area contributed by atoms with Crippen LogP contribution in [0.1, 0.15) is 81.0 Å². The van der Waals surface area contributed by atoms with E-state index in [1.54, 1.807) is 11.1 Å². The van der Waals surface area contributed by atoms with E-state index < -0.39 is 0 Å². The Morgan fingerprint density at radius 1 is 0.783 bits per heavy atom. The topological polar surface area (TPSA) is 0 Å². The lowest BCUT2D eigenvalue weighted by atomic mass is 9.69. The zero-order valence-electron chi connectivity index (χ0n) is 15.8. The van der Waals surface area contributed by atoms with Crippen LogP contribution in [0.2, 0.25) is 0 Å². The summed E-state index contributed by atoms with van der Waals surface area (Å²) in [5.41, 5.74) is 9.17. The van der Waals surface area contributed by atoms with Crippen molar-refractivity contribution in [2.75, 3.05) is 0 Å². The Labute approximate surface area is 143 Å². The van der Waals surface area contributed by atoms with Gasteiger partial charge in [-0.1, -0.05) is 37.5 Å². The fraction of sp³-hybridized carbons (Fsp3) is 0.652. The Bertz CT molecular complexity index is 573. The second-order valence-electron chi connectivity index (χ2n) is 8.52. The molecule has 23 heavy (non-hydrogen) atoms. The molecule has 0 bridgehead atoms. The minimum atomic E-state index is 0.957. The second-order valence-corrected chi connectivity index (χ2v) is 8.52. The third-order valence-electron chi connectivity index (χ3n) is 6.85. The van der Waals surface area contributed by atoms with Crippen LogP contribution in [0.25, 0.3) is 5.57 Å². The largest absolute Gasteiger partial charge is 0.0692 e. The Hall–Kier alpha value is -1.04. The average molecular weight is 311 g/mol. The summed E-state index contributed by atoms with van der Waals surface area (Å²) in [5, 5.41) is 0. The van der Waals surface area contributed by atoms with Gasteiger partial charge >= 0.3 is 0 Å². The van der Waals surface area contributed by atoms with Crippen LogP contribution in [0, 0.1) is 38.5 Å². The first-order chi connectivity index (χ1) is 11.0. The van der Waals surface area contributed by atoms with Crippen molar-refractivity contribution in [2.24, 2.45) is 17.8 Å². The Morgan fingerprint density at radius 2 is 1.39 bits per heavy atom. The predicted octanol–water partition coefficient (Wildman–Crippen LogP) is 7.01. The number of benzene rings is 1. The van der Waals surface area contributed by atoms with Crippen LogP contribution in [0.5, 0.6) is 0 Å². The first-order valence-corrected chi connectivity index (χ1v) is 9.72. The normalized spacial score (nSPS) is 29.0. The molecule has 1 aromatic carbocycles. The van der Waals surface area contributed by atoms with Gasteiger partial charge in [-0.3, -0.25) is 0 Å². The van der Waals surface area contributed by atoms with E-state index in [-0.39, 0.29) is 0 Å². The van der Waals surface area contributed by atoms with Crippen molar-refractivity contribution >= 4 is 5.57 Å². The van der Waals surface area contributed by atoms with Crippen LogP contribution in [0.3, 0.4) is 0 Å². The van der Waals surface area contributed by atoms with E-state index in [0.717, 1.165) is 17.8 Å². The summed E-state index contributed by atoms with van der Waals surface area (Å²) >= 11 is 0. The maximum atomic E-state index is 2.43. The highest BCUT2D eigenvalue weighted by Gasteiger charge is 2.29. The molecular formula is C23H34. The molecule has 0 heterocycles. The Morgan fingerprint density at radius 3 is 1.96 bits per heavy atom. The van der Waals surface area contributed by atoms with Crippen molar-refractivity contribution in [2.45, 2.75) is 79.6 Å². The highest BCUT2D eigenvalue weighted by Crippen LogP contribution is 2.43. The monoisotopic (exact) mass is 310 g/mol. The van der Waals surface area contributed by atoms with Crippen LogP contribution >= 0.6 is 0 Å².